The zero-order valence-electron chi connectivity index (χ0n) is 10.2. The molecule has 0 N–H and O–H groups in total. The minimum absolute atomic E-state index is 0.0577. The first-order valence-electron chi connectivity index (χ1n) is 5.66. The van der Waals surface area contributed by atoms with Crippen molar-refractivity contribution in [2.24, 2.45) is 0 Å². The summed E-state index contributed by atoms with van der Waals surface area (Å²) in [5.74, 6) is -0.592. The maximum atomic E-state index is 11.7. The molecule has 0 bridgehead atoms. The fraction of sp³-hybridized carbons (Fsp3) is 0.333. The third-order valence-corrected chi connectivity index (χ3v) is 2.94. The molecule has 19 heavy (non-hydrogen) atoms. The van der Waals surface area contributed by atoms with Crippen molar-refractivity contribution in [3.63, 3.8) is 0 Å². The van der Waals surface area contributed by atoms with E-state index in [-0.39, 0.29) is 30.3 Å². The number of hydrogen-bond donors (Lipinski definition) is 0. The van der Waals surface area contributed by atoms with Gasteiger partial charge in [0.1, 0.15) is 0 Å². The second-order valence-corrected chi connectivity index (χ2v) is 4.09. The highest BCUT2D eigenvalue weighted by atomic mass is 16.6. The molecule has 1 atom stereocenters. The maximum Gasteiger partial charge on any atom is 0.269 e. The summed E-state index contributed by atoms with van der Waals surface area (Å²) >= 11 is 0. The van der Waals surface area contributed by atoms with Gasteiger partial charge in [0.2, 0.25) is 11.8 Å². The highest BCUT2D eigenvalue weighted by molar-refractivity contribution is 6.02. The van der Waals surface area contributed by atoms with Gasteiger partial charge in [-0.2, -0.15) is 0 Å². The van der Waals surface area contributed by atoms with Crippen molar-refractivity contribution < 1.29 is 19.2 Å². The molecule has 1 unspecified atom stereocenters. The second kappa shape index (κ2) is 5.15. The summed E-state index contributed by atoms with van der Waals surface area (Å²) in [7, 11) is 1.38. The number of methoxy groups -OCH3 is 1. The smallest absolute Gasteiger partial charge is 0.269 e. The van der Waals surface area contributed by atoms with E-state index < -0.39 is 11.2 Å². The van der Waals surface area contributed by atoms with Crippen molar-refractivity contribution in [2.45, 2.75) is 19.1 Å². The summed E-state index contributed by atoms with van der Waals surface area (Å²) in [5.41, 5.74) is 0.467. The summed E-state index contributed by atoms with van der Waals surface area (Å²) in [6, 6.07) is 5.58. The van der Waals surface area contributed by atoms with Gasteiger partial charge in [-0.3, -0.25) is 24.6 Å². The van der Waals surface area contributed by atoms with Crippen molar-refractivity contribution >= 4 is 17.5 Å². The molecule has 0 aromatic heterocycles. The van der Waals surface area contributed by atoms with E-state index in [1.807, 2.05) is 0 Å². The van der Waals surface area contributed by atoms with Crippen LogP contribution in [-0.2, 0) is 14.3 Å². The Bertz CT molecular complexity index is 509. The summed E-state index contributed by atoms with van der Waals surface area (Å²) in [6.45, 7) is 0. The number of non-ortho nitro benzene ring substituents is 1. The lowest BCUT2D eigenvalue weighted by Crippen LogP contribution is -2.34. The molecule has 1 aliphatic heterocycles. The summed E-state index contributed by atoms with van der Waals surface area (Å²) < 4.78 is 5.18. The summed E-state index contributed by atoms with van der Waals surface area (Å²) in [5, 5.41) is 10.6. The Balaban J connectivity index is 2.29. The number of carbonyl (C=O) groups is 2. The van der Waals surface area contributed by atoms with Crippen LogP contribution in [0.25, 0.3) is 0 Å². The Morgan fingerprint density at radius 1 is 1.21 bits per heavy atom. The number of likely N-dealkylation sites (tertiary alicyclic amines) is 1. The van der Waals surface area contributed by atoms with E-state index >= 15 is 0 Å². The van der Waals surface area contributed by atoms with E-state index in [2.05, 4.69) is 0 Å². The van der Waals surface area contributed by atoms with Gasteiger partial charge in [0.25, 0.3) is 5.69 Å². The first-order chi connectivity index (χ1) is 9.04. The molecule has 100 valence electrons. The predicted molar refractivity (Wildman–Crippen MR) is 63.9 cm³/mol. The van der Waals surface area contributed by atoms with Crippen LogP contribution in [0.4, 0.5) is 5.69 Å². The van der Waals surface area contributed by atoms with E-state index in [0.717, 1.165) is 4.90 Å². The fourth-order valence-electron chi connectivity index (χ4n) is 2.01. The third kappa shape index (κ3) is 2.45. The molecule has 0 saturated carbocycles. The van der Waals surface area contributed by atoms with Crippen molar-refractivity contribution in [3.8, 4) is 0 Å². The lowest BCUT2D eigenvalue weighted by molar-refractivity contribution is -0.384. The van der Waals surface area contributed by atoms with Gasteiger partial charge >= 0.3 is 0 Å². The number of amides is 2. The van der Waals surface area contributed by atoms with Crippen LogP contribution in [0.2, 0.25) is 0 Å². The second-order valence-electron chi connectivity index (χ2n) is 4.09. The minimum atomic E-state index is -0.830. The largest absolute Gasteiger partial charge is 0.357 e. The van der Waals surface area contributed by atoms with Gasteiger partial charge in [0, 0.05) is 37.6 Å². The minimum Gasteiger partial charge on any atom is -0.357 e. The van der Waals surface area contributed by atoms with Crippen LogP contribution in [0.3, 0.4) is 0 Å². The Morgan fingerprint density at radius 3 is 2.16 bits per heavy atom. The number of nitro benzene ring substituents is 1. The van der Waals surface area contributed by atoms with E-state index in [9.17, 15) is 19.7 Å². The molecule has 7 heteroatoms. The Morgan fingerprint density at radius 2 is 1.74 bits per heavy atom. The number of ether oxygens (including phenoxy) is 1. The van der Waals surface area contributed by atoms with Gasteiger partial charge in [-0.15, -0.1) is 0 Å². The number of nitrogens with zero attached hydrogens (tertiary/aromatic N) is 2. The number of nitro groups is 1. The average Bonchev–Trinajstić information content (AvgIpc) is 2.72. The van der Waals surface area contributed by atoms with Crippen molar-refractivity contribution in [2.75, 3.05) is 7.11 Å². The summed E-state index contributed by atoms with van der Waals surface area (Å²) in [6.07, 6.45) is -0.486. The van der Waals surface area contributed by atoms with E-state index in [4.69, 9.17) is 4.74 Å². The quantitative estimate of drug-likeness (QED) is 0.465. The molecule has 0 spiro atoms. The van der Waals surface area contributed by atoms with Gasteiger partial charge in [-0.05, 0) is 12.1 Å². The SMILES string of the molecule is COC(c1ccc([N+](=O)[O-])cc1)N1C(=O)CCC1=O. The van der Waals surface area contributed by atoms with Crippen LogP contribution in [-0.4, -0.2) is 28.7 Å². The summed E-state index contributed by atoms with van der Waals surface area (Å²) in [4.78, 5) is 34.4. The van der Waals surface area contributed by atoms with Crippen LogP contribution in [0.5, 0.6) is 0 Å². The van der Waals surface area contributed by atoms with Crippen LogP contribution in [0, 0.1) is 10.1 Å². The van der Waals surface area contributed by atoms with Gasteiger partial charge in [0.15, 0.2) is 6.23 Å². The van der Waals surface area contributed by atoms with Crippen molar-refractivity contribution in [1.29, 1.82) is 0 Å². The Labute approximate surface area is 108 Å². The van der Waals surface area contributed by atoms with Crippen LogP contribution < -0.4 is 0 Å². The molecule has 1 heterocycles. The molecule has 1 aromatic carbocycles. The lowest BCUT2D eigenvalue weighted by atomic mass is 10.1. The monoisotopic (exact) mass is 264 g/mol. The molecule has 2 amide bonds. The first-order valence-corrected chi connectivity index (χ1v) is 5.66. The molecule has 0 aliphatic carbocycles. The number of carbonyl (C=O) groups excluding carboxylic acids is 2. The molecule has 1 fully saturated rings. The first kappa shape index (κ1) is 13.2. The number of rotatable bonds is 4. The Kier molecular flexibility index (Phi) is 3.57. The van der Waals surface area contributed by atoms with Crippen molar-refractivity contribution in [1.82, 2.24) is 4.90 Å². The van der Waals surface area contributed by atoms with Gasteiger partial charge < -0.3 is 4.74 Å². The predicted octanol–water partition coefficient (Wildman–Crippen LogP) is 1.39. The number of benzene rings is 1. The highest BCUT2D eigenvalue weighted by Gasteiger charge is 2.36. The Hall–Kier alpha value is -2.28. The third-order valence-electron chi connectivity index (χ3n) is 2.94. The molecule has 1 aromatic rings. The zero-order chi connectivity index (χ0) is 14.0. The van der Waals surface area contributed by atoms with Gasteiger partial charge in [-0.1, -0.05) is 0 Å². The van der Waals surface area contributed by atoms with E-state index in [1.54, 1.807) is 0 Å². The molecule has 7 nitrogen and oxygen atoms in total. The van der Waals surface area contributed by atoms with Crippen LogP contribution in [0.1, 0.15) is 24.6 Å². The maximum absolute atomic E-state index is 11.7. The molecule has 1 aliphatic rings. The van der Waals surface area contributed by atoms with Gasteiger partial charge in [0.05, 0.1) is 4.92 Å². The number of hydrogen-bond acceptors (Lipinski definition) is 5. The standard InChI is InChI=1S/C12H12N2O5/c1-19-12(13-10(15)6-7-11(13)16)8-2-4-9(5-3-8)14(17)18/h2-5,12H,6-7H2,1H3. The average molecular weight is 264 g/mol. The van der Waals surface area contributed by atoms with E-state index in [1.165, 1.54) is 31.4 Å². The zero-order valence-corrected chi connectivity index (χ0v) is 10.2. The van der Waals surface area contributed by atoms with E-state index in [0.29, 0.717) is 5.56 Å². The molecular formula is C12H12N2O5. The molecular weight excluding hydrogens is 252 g/mol. The number of imide groups is 1. The lowest BCUT2D eigenvalue weighted by Gasteiger charge is -2.24. The molecule has 1 saturated heterocycles. The van der Waals surface area contributed by atoms with Crippen LogP contribution in [0.15, 0.2) is 24.3 Å². The van der Waals surface area contributed by atoms with Gasteiger partial charge in [-0.25, -0.2) is 0 Å². The molecule has 2 rings (SSSR count). The highest BCUT2D eigenvalue weighted by Crippen LogP contribution is 2.28. The van der Waals surface area contributed by atoms with Crippen LogP contribution >= 0.6 is 0 Å². The molecule has 0 radical (unpaired) electrons. The fourth-order valence-corrected chi connectivity index (χ4v) is 2.01. The normalized spacial score (nSPS) is 16.8. The topological polar surface area (TPSA) is 89.8 Å². The van der Waals surface area contributed by atoms with Crippen molar-refractivity contribution in [3.05, 3.63) is 39.9 Å².